The highest BCUT2D eigenvalue weighted by Crippen LogP contribution is 2.14. The van der Waals surface area contributed by atoms with Crippen LogP contribution in [0.5, 0.6) is 0 Å². The minimum absolute atomic E-state index is 0.0914. The van der Waals surface area contributed by atoms with Crippen molar-refractivity contribution < 1.29 is 26.8 Å². The summed E-state index contributed by atoms with van der Waals surface area (Å²) in [5.74, 6) is 1.49. The van der Waals surface area contributed by atoms with Gasteiger partial charge in [0.15, 0.2) is 0 Å². The zero-order chi connectivity index (χ0) is 24.1. The summed E-state index contributed by atoms with van der Waals surface area (Å²) in [6, 6.07) is 0. The summed E-state index contributed by atoms with van der Waals surface area (Å²) in [6.45, 7) is 10.3. The lowest BCUT2D eigenvalue weighted by molar-refractivity contribution is -0.521. The fourth-order valence-electron chi connectivity index (χ4n) is 4.16. The van der Waals surface area contributed by atoms with Crippen molar-refractivity contribution in [2.24, 2.45) is 0 Å². The average molecular weight is 479 g/mol. The molecule has 0 unspecified atom stereocenters. The van der Waals surface area contributed by atoms with Gasteiger partial charge in [-0.1, -0.05) is 84.0 Å². The molecule has 0 saturated heterocycles. The van der Waals surface area contributed by atoms with Crippen molar-refractivity contribution in [1.82, 2.24) is 4.90 Å². The number of likely N-dealkylation sites (N-methyl/N-ethyl adjacent to an activating group) is 1. The molecule has 1 aliphatic rings. The highest BCUT2D eigenvalue weighted by Gasteiger charge is 2.27. The molecule has 1 rings (SSSR count). The van der Waals surface area contributed by atoms with Crippen LogP contribution < -0.4 is 0 Å². The quantitative estimate of drug-likeness (QED) is 0.125. The van der Waals surface area contributed by atoms with Gasteiger partial charge < -0.3 is 9.66 Å². The molecule has 0 aliphatic carbocycles. The molecule has 0 aromatic rings. The molecule has 1 heterocycles. The predicted octanol–water partition coefficient (Wildman–Crippen LogP) is 4.69. The summed E-state index contributed by atoms with van der Waals surface area (Å²) in [4.78, 5) is 2.50. The third kappa shape index (κ3) is 17.8. The molecule has 8 heteroatoms. The molecule has 1 N–H and O–H groups in total. The molecule has 0 saturated carbocycles. The van der Waals surface area contributed by atoms with Crippen molar-refractivity contribution in [2.75, 3.05) is 39.4 Å². The van der Waals surface area contributed by atoms with Gasteiger partial charge in [0, 0.05) is 6.42 Å². The minimum atomic E-state index is -4.42. The van der Waals surface area contributed by atoms with Gasteiger partial charge in [-0.3, -0.25) is 13.7 Å². The van der Waals surface area contributed by atoms with Gasteiger partial charge in [-0.2, -0.15) is 0 Å². The predicted molar refractivity (Wildman–Crippen MR) is 131 cm³/mol. The van der Waals surface area contributed by atoms with Crippen LogP contribution in [0, 0.1) is 0 Å². The lowest BCUT2D eigenvalue weighted by Crippen LogP contribution is -2.30. The lowest BCUT2D eigenvalue weighted by Gasteiger charge is -2.11. The number of aliphatic hydroxyl groups excluding tert-OH is 1. The van der Waals surface area contributed by atoms with E-state index in [9.17, 15) is 18.1 Å². The molecule has 0 radical (unpaired) electrons. The SMILES string of the molecule is CCCCCCCCCCCCCCCC1=[N+](CCO)CCN1CC.CCOS(=O)(=O)[O-]. The van der Waals surface area contributed by atoms with Gasteiger partial charge in [0.25, 0.3) is 0 Å². The Morgan fingerprint density at radius 3 is 1.78 bits per heavy atom. The summed E-state index contributed by atoms with van der Waals surface area (Å²) in [5.41, 5.74) is 0. The van der Waals surface area contributed by atoms with Crippen LogP contribution in [0.25, 0.3) is 0 Å². The summed E-state index contributed by atoms with van der Waals surface area (Å²) in [7, 11) is -4.42. The molecule has 0 amide bonds. The second-order valence-corrected chi connectivity index (χ2v) is 9.57. The van der Waals surface area contributed by atoms with Crippen molar-refractivity contribution in [3.05, 3.63) is 0 Å². The summed E-state index contributed by atoms with van der Waals surface area (Å²) in [6.07, 6.45) is 19.6. The fourth-order valence-corrected chi connectivity index (χ4v) is 4.45. The van der Waals surface area contributed by atoms with Gasteiger partial charge in [-0.05, 0) is 20.3 Å². The van der Waals surface area contributed by atoms with Crippen LogP contribution in [0.3, 0.4) is 0 Å². The molecule has 0 fully saturated rings. The first kappa shape index (κ1) is 31.3. The van der Waals surface area contributed by atoms with Crippen LogP contribution in [0.1, 0.15) is 111 Å². The molecule has 32 heavy (non-hydrogen) atoms. The maximum atomic E-state index is 9.45. The van der Waals surface area contributed by atoms with Gasteiger partial charge in [-0.25, -0.2) is 8.42 Å². The summed E-state index contributed by atoms with van der Waals surface area (Å²) >= 11 is 0. The van der Waals surface area contributed by atoms with E-state index in [1.807, 2.05) is 0 Å². The number of unbranched alkanes of at least 4 members (excludes halogenated alkanes) is 12. The van der Waals surface area contributed by atoms with E-state index in [4.69, 9.17) is 0 Å². The van der Waals surface area contributed by atoms with E-state index < -0.39 is 10.4 Å². The van der Waals surface area contributed by atoms with Crippen molar-refractivity contribution in [3.63, 3.8) is 0 Å². The highest BCUT2D eigenvalue weighted by atomic mass is 32.3. The monoisotopic (exact) mass is 478 g/mol. The van der Waals surface area contributed by atoms with E-state index in [-0.39, 0.29) is 13.2 Å². The van der Waals surface area contributed by atoms with Crippen LogP contribution in [-0.4, -0.2) is 72.8 Å². The van der Waals surface area contributed by atoms with Crippen LogP contribution in [0.2, 0.25) is 0 Å². The topological polar surface area (TPSA) is 92.9 Å². The van der Waals surface area contributed by atoms with E-state index in [0.29, 0.717) is 0 Å². The summed E-state index contributed by atoms with van der Waals surface area (Å²) in [5, 5.41) is 9.21. The molecule has 1 aliphatic heterocycles. The Morgan fingerprint density at radius 1 is 0.906 bits per heavy atom. The van der Waals surface area contributed by atoms with Crippen molar-refractivity contribution in [3.8, 4) is 0 Å². The van der Waals surface area contributed by atoms with Crippen LogP contribution in [0.4, 0.5) is 0 Å². The molecule has 0 aromatic heterocycles. The number of hydrogen-bond donors (Lipinski definition) is 1. The minimum Gasteiger partial charge on any atom is -0.726 e. The Balaban J connectivity index is 0.00000118. The number of hydrogen-bond acceptors (Lipinski definition) is 6. The maximum Gasteiger partial charge on any atom is 0.247 e. The number of rotatable bonds is 19. The molecule has 0 aromatic carbocycles. The second kappa shape index (κ2) is 20.9. The molecule has 192 valence electrons. The number of nitrogens with zero attached hydrogens (tertiary/aromatic N) is 2. The third-order valence-corrected chi connectivity index (χ3v) is 6.41. The van der Waals surface area contributed by atoms with E-state index in [2.05, 4.69) is 27.5 Å². The second-order valence-electron chi connectivity index (χ2n) is 8.51. The molecular weight excluding hydrogens is 428 g/mol. The molecule has 0 spiro atoms. The number of amidine groups is 1. The van der Waals surface area contributed by atoms with Gasteiger partial charge >= 0.3 is 0 Å². The first-order chi connectivity index (χ1) is 15.4. The zero-order valence-electron chi connectivity index (χ0n) is 21.0. The zero-order valence-corrected chi connectivity index (χ0v) is 21.8. The fraction of sp³-hybridized carbons (Fsp3) is 0.958. The first-order valence-corrected chi connectivity index (χ1v) is 14.3. The number of aliphatic hydroxyl groups is 1. The Labute approximate surface area is 198 Å². The van der Waals surface area contributed by atoms with E-state index >= 15 is 0 Å². The molecule has 7 nitrogen and oxygen atoms in total. The van der Waals surface area contributed by atoms with Crippen molar-refractivity contribution in [2.45, 2.75) is 111 Å². The normalized spacial score (nSPS) is 14.1. The summed E-state index contributed by atoms with van der Waals surface area (Å²) < 4.78 is 34.4. The van der Waals surface area contributed by atoms with Gasteiger partial charge in [0.05, 0.1) is 19.8 Å². The van der Waals surface area contributed by atoms with E-state index in [1.54, 1.807) is 0 Å². The van der Waals surface area contributed by atoms with Gasteiger partial charge in [-0.15, -0.1) is 0 Å². The van der Waals surface area contributed by atoms with Crippen molar-refractivity contribution >= 4 is 16.2 Å². The molecular formula is C24H50N2O5S. The largest absolute Gasteiger partial charge is 0.726 e. The first-order valence-electron chi connectivity index (χ1n) is 13.0. The average Bonchev–Trinajstić information content (AvgIpc) is 3.13. The highest BCUT2D eigenvalue weighted by molar-refractivity contribution is 7.80. The maximum absolute atomic E-state index is 9.45. The smallest absolute Gasteiger partial charge is 0.247 e. The Bertz CT molecular complexity index is 567. The molecule has 0 atom stereocenters. The van der Waals surface area contributed by atoms with Crippen LogP contribution >= 0.6 is 0 Å². The lowest BCUT2D eigenvalue weighted by atomic mass is 10.0. The Kier molecular flexibility index (Phi) is 20.4. The Hall–Kier alpha value is -0.700. The van der Waals surface area contributed by atoms with E-state index in [0.717, 1.165) is 26.2 Å². The van der Waals surface area contributed by atoms with Crippen LogP contribution in [-0.2, 0) is 14.6 Å². The standard InChI is InChI=1S/C22H45N2O.C2H6O4S/c1-3-5-6-7-8-9-10-11-12-13-14-15-16-17-22-23(4-2)18-19-24(22)20-21-25;1-2-6-7(3,4)5/h25H,3-21H2,1-2H3;2H2,1H3,(H,3,4,5)/q+1;/p-1. The molecule has 0 bridgehead atoms. The van der Waals surface area contributed by atoms with Crippen LogP contribution in [0.15, 0.2) is 0 Å². The van der Waals surface area contributed by atoms with Crippen molar-refractivity contribution in [1.29, 1.82) is 0 Å². The van der Waals surface area contributed by atoms with E-state index in [1.165, 1.54) is 103 Å². The Morgan fingerprint density at radius 2 is 1.41 bits per heavy atom. The van der Waals surface area contributed by atoms with Gasteiger partial charge in [0.2, 0.25) is 16.2 Å². The number of β-amino-alcohol motifs (C(OH)–C–C–N with tert-alkyl or cyclic N) is 1. The third-order valence-electron chi connectivity index (χ3n) is 5.89. The van der Waals surface area contributed by atoms with Gasteiger partial charge in [0.1, 0.15) is 19.6 Å².